The van der Waals surface area contributed by atoms with Crippen molar-refractivity contribution in [3.05, 3.63) is 71.0 Å². The highest BCUT2D eigenvalue weighted by molar-refractivity contribution is 7.89. The van der Waals surface area contributed by atoms with Gasteiger partial charge in [0.05, 0.1) is 27.7 Å². The summed E-state index contributed by atoms with van der Waals surface area (Å²) < 4.78 is 29.3. The smallest absolute Gasteiger partial charge is 0.255 e. The molecule has 7 nitrogen and oxygen atoms in total. The van der Waals surface area contributed by atoms with Gasteiger partial charge in [0, 0.05) is 18.7 Å². The predicted octanol–water partition coefficient (Wildman–Crippen LogP) is 4.22. The van der Waals surface area contributed by atoms with Crippen LogP contribution in [0.5, 0.6) is 0 Å². The molecule has 4 rings (SSSR count). The van der Waals surface area contributed by atoms with Crippen molar-refractivity contribution in [3.8, 4) is 5.69 Å². The van der Waals surface area contributed by atoms with E-state index in [1.807, 2.05) is 45.0 Å². The molecular weight excluding hydrogens is 424 g/mol. The molecule has 1 fully saturated rings. The van der Waals surface area contributed by atoms with Gasteiger partial charge in [0.15, 0.2) is 0 Å². The van der Waals surface area contributed by atoms with Crippen LogP contribution in [-0.2, 0) is 10.0 Å². The van der Waals surface area contributed by atoms with Gasteiger partial charge in [0.25, 0.3) is 5.91 Å². The standard InChI is InChI=1S/C24H28N4O3S/c1-17-10-12-21(13-11-17)28-19(3)23(18(2)26-28)25-24(29)20-8-7-9-22(16-20)32(30,31)27-14-5-4-6-15-27/h7-13,16H,4-6,14-15H2,1-3H3,(H,25,29). The lowest BCUT2D eigenvalue weighted by Gasteiger charge is -2.26. The summed E-state index contributed by atoms with van der Waals surface area (Å²) in [6.45, 7) is 6.80. The molecular formula is C24H28N4O3S. The molecule has 1 aliphatic rings. The molecule has 0 atom stereocenters. The Morgan fingerprint density at radius 2 is 1.66 bits per heavy atom. The SMILES string of the molecule is Cc1ccc(-n2nc(C)c(NC(=O)c3cccc(S(=O)(=O)N4CCCCC4)c3)c2C)cc1. The Morgan fingerprint density at radius 3 is 2.34 bits per heavy atom. The third-order valence-corrected chi connectivity index (χ3v) is 7.75. The van der Waals surface area contributed by atoms with Gasteiger partial charge < -0.3 is 5.32 Å². The van der Waals surface area contributed by atoms with Crippen LogP contribution in [0.3, 0.4) is 0 Å². The van der Waals surface area contributed by atoms with Crippen LogP contribution in [0.1, 0.15) is 46.6 Å². The summed E-state index contributed by atoms with van der Waals surface area (Å²) in [5, 5.41) is 7.50. The number of hydrogen-bond acceptors (Lipinski definition) is 4. The van der Waals surface area contributed by atoms with Gasteiger partial charge in [0.2, 0.25) is 10.0 Å². The fourth-order valence-electron chi connectivity index (χ4n) is 4.00. The van der Waals surface area contributed by atoms with E-state index in [1.165, 1.54) is 10.4 Å². The zero-order valence-corrected chi connectivity index (χ0v) is 19.4. The number of nitrogens with zero attached hydrogens (tertiary/aromatic N) is 3. The number of aryl methyl sites for hydroxylation is 2. The number of carbonyl (C=O) groups is 1. The quantitative estimate of drug-likeness (QED) is 0.628. The number of nitrogens with one attached hydrogen (secondary N) is 1. The minimum atomic E-state index is -3.61. The average molecular weight is 453 g/mol. The Kier molecular flexibility index (Phi) is 6.17. The van der Waals surface area contributed by atoms with E-state index in [0.29, 0.717) is 30.0 Å². The molecule has 0 spiro atoms. The molecule has 2 heterocycles. The molecule has 0 bridgehead atoms. The fraction of sp³-hybridized carbons (Fsp3) is 0.333. The molecule has 1 aliphatic heterocycles. The Balaban J connectivity index is 1.59. The highest BCUT2D eigenvalue weighted by Gasteiger charge is 2.26. The number of aromatic nitrogens is 2. The van der Waals surface area contributed by atoms with Crippen LogP contribution >= 0.6 is 0 Å². The summed E-state index contributed by atoms with van der Waals surface area (Å²) in [4.78, 5) is 13.2. The van der Waals surface area contributed by atoms with E-state index in [2.05, 4.69) is 10.4 Å². The summed E-state index contributed by atoms with van der Waals surface area (Å²) in [7, 11) is -3.61. The monoisotopic (exact) mass is 452 g/mol. The molecule has 168 valence electrons. The highest BCUT2D eigenvalue weighted by Crippen LogP contribution is 2.25. The molecule has 0 aliphatic carbocycles. The van der Waals surface area contributed by atoms with E-state index in [9.17, 15) is 13.2 Å². The van der Waals surface area contributed by atoms with Gasteiger partial charge in [-0.15, -0.1) is 0 Å². The van der Waals surface area contributed by atoms with Crippen molar-refractivity contribution in [3.63, 3.8) is 0 Å². The van der Waals surface area contributed by atoms with Crippen molar-refractivity contribution in [2.24, 2.45) is 0 Å². The molecule has 1 aromatic heterocycles. The molecule has 1 saturated heterocycles. The molecule has 0 saturated carbocycles. The first-order valence-corrected chi connectivity index (χ1v) is 12.3. The molecule has 8 heteroatoms. The van der Waals surface area contributed by atoms with E-state index in [0.717, 1.165) is 36.2 Å². The number of amides is 1. The van der Waals surface area contributed by atoms with E-state index in [1.54, 1.807) is 22.9 Å². The molecule has 1 amide bonds. The molecule has 2 aromatic carbocycles. The van der Waals surface area contributed by atoms with Gasteiger partial charge in [0.1, 0.15) is 0 Å². The van der Waals surface area contributed by atoms with Crippen LogP contribution in [0, 0.1) is 20.8 Å². The lowest BCUT2D eigenvalue weighted by Crippen LogP contribution is -2.35. The summed E-state index contributed by atoms with van der Waals surface area (Å²) in [6.07, 6.45) is 2.77. The van der Waals surface area contributed by atoms with Crippen molar-refractivity contribution in [2.45, 2.75) is 44.9 Å². The summed E-state index contributed by atoms with van der Waals surface area (Å²) in [5.74, 6) is -0.365. The first kappa shape index (κ1) is 22.2. The second-order valence-electron chi connectivity index (χ2n) is 8.24. The minimum Gasteiger partial charge on any atom is -0.319 e. The van der Waals surface area contributed by atoms with Crippen molar-refractivity contribution in [1.29, 1.82) is 0 Å². The number of carbonyl (C=O) groups excluding carboxylic acids is 1. The number of piperidine rings is 1. The maximum atomic E-state index is 13.0. The van der Waals surface area contributed by atoms with Crippen molar-refractivity contribution < 1.29 is 13.2 Å². The Labute approximate surface area is 189 Å². The Hall–Kier alpha value is -2.97. The Bertz CT molecular complexity index is 1240. The number of rotatable bonds is 5. The second-order valence-corrected chi connectivity index (χ2v) is 10.2. The molecule has 0 unspecified atom stereocenters. The first-order chi connectivity index (χ1) is 15.3. The molecule has 0 radical (unpaired) electrons. The zero-order chi connectivity index (χ0) is 22.9. The van der Waals surface area contributed by atoms with Crippen molar-refractivity contribution >= 4 is 21.6 Å². The van der Waals surface area contributed by atoms with Crippen molar-refractivity contribution in [1.82, 2.24) is 14.1 Å². The first-order valence-electron chi connectivity index (χ1n) is 10.8. The van der Waals surface area contributed by atoms with Gasteiger partial charge in [-0.05, 0) is 63.9 Å². The highest BCUT2D eigenvalue weighted by atomic mass is 32.2. The number of hydrogen-bond donors (Lipinski definition) is 1. The molecule has 3 aromatic rings. The number of benzene rings is 2. The average Bonchev–Trinajstić information content (AvgIpc) is 3.08. The van der Waals surface area contributed by atoms with Crippen LogP contribution in [0.4, 0.5) is 5.69 Å². The maximum absolute atomic E-state index is 13.0. The summed E-state index contributed by atoms with van der Waals surface area (Å²) in [5.41, 5.74) is 4.48. The van der Waals surface area contributed by atoms with Crippen LogP contribution in [0.15, 0.2) is 53.4 Å². The van der Waals surface area contributed by atoms with Gasteiger partial charge in [-0.3, -0.25) is 4.79 Å². The lowest BCUT2D eigenvalue weighted by atomic mass is 10.2. The van der Waals surface area contributed by atoms with Gasteiger partial charge in [-0.1, -0.05) is 30.2 Å². The maximum Gasteiger partial charge on any atom is 0.255 e. The van der Waals surface area contributed by atoms with Crippen LogP contribution < -0.4 is 5.32 Å². The van der Waals surface area contributed by atoms with E-state index >= 15 is 0 Å². The van der Waals surface area contributed by atoms with Crippen LogP contribution in [0.25, 0.3) is 5.69 Å². The second kappa shape index (κ2) is 8.88. The lowest BCUT2D eigenvalue weighted by molar-refractivity contribution is 0.102. The van der Waals surface area contributed by atoms with Gasteiger partial charge in [-0.2, -0.15) is 9.40 Å². The zero-order valence-electron chi connectivity index (χ0n) is 18.6. The van der Waals surface area contributed by atoms with Crippen LogP contribution in [-0.4, -0.2) is 41.5 Å². The third-order valence-electron chi connectivity index (χ3n) is 5.86. The minimum absolute atomic E-state index is 0.149. The topological polar surface area (TPSA) is 84.3 Å². The molecule has 32 heavy (non-hydrogen) atoms. The predicted molar refractivity (Wildman–Crippen MR) is 125 cm³/mol. The molecule has 1 N–H and O–H groups in total. The van der Waals surface area contributed by atoms with Gasteiger partial charge in [-0.25, -0.2) is 13.1 Å². The van der Waals surface area contributed by atoms with Crippen molar-refractivity contribution in [2.75, 3.05) is 18.4 Å². The number of anilines is 1. The number of sulfonamides is 1. The summed E-state index contributed by atoms with van der Waals surface area (Å²) in [6, 6.07) is 14.2. The van der Waals surface area contributed by atoms with E-state index < -0.39 is 10.0 Å². The Morgan fingerprint density at radius 1 is 0.969 bits per heavy atom. The van der Waals surface area contributed by atoms with E-state index in [-0.39, 0.29) is 10.8 Å². The fourth-order valence-corrected chi connectivity index (χ4v) is 5.56. The third kappa shape index (κ3) is 4.33. The summed E-state index contributed by atoms with van der Waals surface area (Å²) >= 11 is 0. The van der Waals surface area contributed by atoms with Gasteiger partial charge >= 0.3 is 0 Å². The largest absolute Gasteiger partial charge is 0.319 e. The van der Waals surface area contributed by atoms with E-state index in [4.69, 9.17) is 0 Å². The van der Waals surface area contributed by atoms with Crippen LogP contribution in [0.2, 0.25) is 0 Å². The normalized spacial score (nSPS) is 15.0.